The Morgan fingerprint density at radius 1 is 1.24 bits per heavy atom. The fourth-order valence-electron chi connectivity index (χ4n) is 2.15. The topological polar surface area (TPSA) is 28.2 Å². The summed E-state index contributed by atoms with van der Waals surface area (Å²) in [5, 5.41) is 4.70. The number of hydrogen-bond acceptors (Lipinski definition) is 4. The highest BCUT2D eigenvalue weighted by Crippen LogP contribution is 2.32. The largest absolute Gasteiger partial charge is 0.351 e. The molecule has 3 nitrogen and oxygen atoms in total. The number of hydrogen-bond donors (Lipinski definition) is 1. The first-order chi connectivity index (χ1) is 9.99. The molecule has 0 aliphatic rings. The van der Waals surface area contributed by atoms with Crippen molar-refractivity contribution in [3.63, 3.8) is 0 Å². The second-order valence-electron chi connectivity index (χ2n) is 6.40. The lowest BCUT2D eigenvalue weighted by molar-refractivity contribution is 0.584. The van der Waals surface area contributed by atoms with Crippen LogP contribution in [0.3, 0.4) is 0 Å². The van der Waals surface area contributed by atoms with Crippen LogP contribution in [0, 0.1) is 5.92 Å². The van der Waals surface area contributed by atoms with Crippen molar-refractivity contribution in [1.29, 1.82) is 0 Å². The molecule has 0 aromatic carbocycles. The minimum atomic E-state index is 0.548. The molecule has 0 aliphatic carbocycles. The van der Waals surface area contributed by atoms with Gasteiger partial charge in [-0.3, -0.25) is 0 Å². The molecule has 0 saturated carbocycles. The highest BCUT2D eigenvalue weighted by molar-refractivity contribution is 7.15. The maximum absolute atomic E-state index is 4.94. The number of thiazole rings is 1. The second kappa shape index (κ2) is 9.42. The third kappa shape index (κ3) is 5.95. The van der Waals surface area contributed by atoms with Crippen LogP contribution in [0.2, 0.25) is 0 Å². The van der Waals surface area contributed by atoms with Crippen molar-refractivity contribution >= 4 is 16.5 Å². The number of aromatic nitrogens is 1. The highest BCUT2D eigenvalue weighted by atomic mass is 32.1. The van der Waals surface area contributed by atoms with E-state index < -0.39 is 0 Å². The van der Waals surface area contributed by atoms with Gasteiger partial charge in [-0.25, -0.2) is 4.98 Å². The number of anilines is 1. The Kier molecular flexibility index (Phi) is 8.27. The standard InChI is InChI=1S/C17H33N3S/c1-7-10-18-12-15-16(14(5)8-2)19-17(21-15)20(6)11-9-13(3)4/h13-14,18H,7-12H2,1-6H3. The Hall–Kier alpha value is -0.610. The zero-order valence-corrected chi connectivity index (χ0v) is 15.5. The van der Waals surface area contributed by atoms with Crippen LogP contribution in [0.1, 0.15) is 70.4 Å². The molecule has 1 heterocycles. The third-order valence-corrected chi connectivity index (χ3v) is 5.06. The van der Waals surface area contributed by atoms with Crippen molar-refractivity contribution in [2.75, 3.05) is 25.0 Å². The van der Waals surface area contributed by atoms with Crippen LogP contribution in [0.25, 0.3) is 0 Å². The van der Waals surface area contributed by atoms with Gasteiger partial charge in [0.05, 0.1) is 5.69 Å². The molecule has 122 valence electrons. The molecule has 0 bridgehead atoms. The van der Waals surface area contributed by atoms with Crippen molar-refractivity contribution < 1.29 is 0 Å². The molecule has 1 atom stereocenters. The normalized spacial score (nSPS) is 12.9. The lowest BCUT2D eigenvalue weighted by Gasteiger charge is -2.16. The lowest BCUT2D eigenvalue weighted by atomic mass is 10.0. The average Bonchev–Trinajstić information content (AvgIpc) is 2.88. The van der Waals surface area contributed by atoms with Gasteiger partial charge in [0.1, 0.15) is 0 Å². The SMILES string of the molecule is CCCNCc1sc(N(C)CCC(C)C)nc1C(C)CC. The Labute approximate surface area is 135 Å². The van der Waals surface area contributed by atoms with Crippen LogP contribution in [0.4, 0.5) is 5.13 Å². The van der Waals surface area contributed by atoms with E-state index in [-0.39, 0.29) is 0 Å². The molecule has 0 amide bonds. The van der Waals surface area contributed by atoms with Gasteiger partial charge in [0.15, 0.2) is 5.13 Å². The van der Waals surface area contributed by atoms with E-state index >= 15 is 0 Å². The molecule has 0 aliphatic heterocycles. The van der Waals surface area contributed by atoms with E-state index in [2.05, 4.69) is 51.9 Å². The minimum absolute atomic E-state index is 0.548. The van der Waals surface area contributed by atoms with E-state index in [0.717, 1.165) is 32.0 Å². The zero-order chi connectivity index (χ0) is 15.8. The predicted molar refractivity (Wildman–Crippen MR) is 95.5 cm³/mol. The minimum Gasteiger partial charge on any atom is -0.351 e. The highest BCUT2D eigenvalue weighted by Gasteiger charge is 2.17. The Balaban J connectivity index is 2.80. The molecular formula is C17H33N3S. The lowest BCUT2D eigenvalue weighted by Crippen LogP contribution is -2.19. The molecular weight excluding hydrogens is 278 g/mol. The van der Waals surface area contributed by atoms with Crippen LogP contribution in [0.15, 0.2) is 0 Å². The molecule has 1 aromatic heterocycles. The van der Waals surface area contributed by atoms with Gasteiger partial charge < -0.3 is 10.2 Å². The summed E-state index contributed by atoms with van der Waals surface area (Å²) in [6.07, 6.45) is 3.55. The van der Waals surface area contributed by atoms with Crippen LogP contribution in [0.5, 0.6) is 0 Å². The van der Waals surface area contributed by atoms with E-state index in [0.29, 0.717) is 5.92 Å². The van der Waals surface area contributed by atoms with Crippen molar-refractivity contribution in [2.24, 2.45) is 5.92 Å². The Bertz CT molecular complexity index is 401. The molecule has 21 heavy (non-hydrogen) atoms. The van der Waals surface area contributed by atoms with Gasteiger partial charge in [-0.05, 0) is 37.6 Å². The van der Waals surface area contributed by atoms with Gasteiger partial charge in [-0.2, -0.15) is 0 Å². The second-order valence-corrected chi connectivity index (χ2v) is 7.46. The zero-order valence-electron chi connectivity index (χ0n) is 14.7. The molecule has 1 unspecified atom stereocenters. The Morgan fingerprint density at radius 2 is 1.95 bits per heavy atom. The maximum atomic E-state index is 4.94. The van der Waals surface area contributed by atoms with Gasteiger partial charge in [-0.1, -0.05) is 34.6 Å². The maximum Gasteiger partial charge on any atom is 0.185 e. The first-order valence-electron chi connectivity index (χ1n) is 8.40. The van der Waals surface area contributed by atoms with E-state index in [9.17, 15) is 0 Å². The molecule has 0 radical (unpaired) electrons. The predicted octanol–water partition coefficient (Wildman–Crippen LogP) is 4.64. The summed E-state index contributed by atoms with van der Waals surface area (Å²) < 4.78 is 0. The van der Waals surface area contributed by atoms with Crippen LogP contribution < -0.4 is 10.2 Å². The van der Waals surface area contributed by atoms with Gasteiger partial charge >= 0.3 is 0 Å². The summed E-state index contributed by atoms with van der Waals surface area (Å²) in [4.78, 5) is 8.68. The van der Waals surface area contributed by atoms with Gasteiger partial charge in [0, 0.05) is 25.0 Å². The van der Waals surface area contributed by atoms with Gasteiger partial charge in [0.2, 0.25) is 0 Å². The van der Waals surface area contributed by atoms with Crippen molar-refractivity contribution in [1.82, 2.24) is 10.3 Å². The fourth-order valence-corrected chi connectivity index (χ4v) is 3.28. The number of nitrogens with zero attached hydrogens (tertiary/aromatic N) is 2. The summed E-state index contributed by atoms with van der Waals surface area (Å²) in [5.41, 5.74) is 1.30. The summed E-state index contributed by atoms with van der Waals surface area (Å²) in [6.45, 7) is 14.4. The van der Waals surface area contributed by atoms with E-state index in [4.69, 9.17) is 4.98 Å². The molecule has 0 fully saturated rings. The van der Waals surface area contributed by atoms with Crippen molar-refractivity contribution in [3.05, 3.63) is 10.6 Å². The molecule has 0 saturated heterocycles. The number of rotatable bonds is 10. The van der Waals surface area contributed by atoms with E-state index in [1.54, 1.807) is 0 Å². The van der Waals surface area contributed by atoms with Crippen LogP contribution in [-0.2, 0) is 6.54 Å². The molecule has 1 aromatic rings. The van der Waals surface area contributed by atoms with Gasteiger partial charge in [0.25, 0.3) is 0 Å². The smallest absolute Gasteiger partial charge is 0.185 e. The van der Waals surface area contributed by atoms with E-state index in [1.807, 2.05) is 11.3 Å². The fraction of sp³-hybridized carbons (Fsp3) is 0.824. The van der Waals surface area contributed by atoms with Crippen molar-refractivity contribution in [3.8, 4) is 0 Å². The molecule has 1 N–H and O–H groups in total. The van der Waals surface area contributed by atoms with Crippen molar-refractivity contribution in [2.45, 2.75) is 66.3 Å². The first kappa shape index (κ1) is 18.4. The van der Waals surface area contributed by atoms with Crippen LogP contribution in [-0.4, -0.2) is 25.1 Å². The Morgan fingerprint density at radius 3 is 2.52 bits per heavy atom. The quantitative estimate of drug-likeness (QED) is 0.638. The third-order valence-electron chi connectivity index (χ3n) is 3.88. The molecule has 1 rings (SSSR count). The van der Waals surface area contributed by atoms with Crippen LogP contribution >= 0.6 is 11.3 Å². The molecule has 4 heteroatoms. The average molecular weight is 312 g/mol. The summed E-state index contributed by atoms with van der Waals surface area (Å²) in [5.74, 6) is 1.29. The summed E-state index contributed by atoms with van der Waals surface area (Å²) in [6, 6.07) is 0. The monoisotopic (exact) mass is 311 g/mol. The van der Waals surface area contributed by atoms with E-state index in [1.165, 1.54) is 28.5 Å². The summed E-state index contributed by atoms with van der Waals surface area (Å²) >= 11 is 1.87. The first-order valence-corrected chi connectivity index (χ1v) is 9.22. The summed E-state index contributed by atoms with van der Waals surface area (Å²) in [7, 11) is 2.17. The van der Waals surface area contributed by atoms with Gasteiger partial charge in [-0.15, -0.1) is 11.3 Å². The number of nitrogens with one attached hydrogen (secondary N) is 1. The molecule has 0 spiro atoms.